The molecule has 6 heteroatoms. The Hall–Kier alpha value is -3.54. The highest BCUT2D eigenvalue weighted by atomic mass is 16.5. The van der Waals surface area contributed by atoms with Crippen LogP contribution in [0, 0.1) is 0 Å². The number of hydrogen-bond donors (Lipinski definition) is 1. The molecule has 0 spiro atoms. The largest absolute Gasteiger partial charge is 0.497 e. The summed E-state index contributed by atoms with van der Waals surface area (Å²) >= 11 is 0. The van der Waals surface area contributed by atoms with Crippen LogP contribution in [0.25, 0.3) is 0 Å². The molecular weight excluding hydrogens is 346 g/mol. The molecule has 0 unspecified atom stereocenters. The van der Waals surface area contributed by atoms with Crippen LogP contribution in [-0.2, 0) is 13.2 Å². The lowest BCUT2D eigenvalue weighted by Gasteiger charge is -2.08. The third-order valence-electron chi connectivity index (χ3n) is 3.85. The number of ether oxygens (including phenoxy) is 2. The van der Waals surface area contributed by atoms with E-state index in [1.54, 1.807) is 7.11 Å². The van der Waals surface area contributed by atoms with E-state index in [1.165, 1.54) is 0 Å². The maximum atomic E-state index is 12.2. The van der Waals surface area contributed by atoms with Gasteiger partial charge in [-0.3, -0.25) is 9.59 Å². The normalized spacial score (nSPS) is 10.3. The fraction of sp³-hybridized carbons (Fsp3) is 0.143. The molecule has 0 radical (unpaired) electrons. The topological polar surface area (TPSA) is 77.8 Å². The Labute approximate surface area is 156 Å². The Bertz CT molecular complexity index is 966. The minimum Gasteiger partial charge on any atom is -0.497 e. The number of amides is 1. The molecule has 1 aromatic heterocycles. The van der Waals surface area contributed by atoms with Crippen LogP contribution in [0.3, 0.4) is 0 Å². The van der Waals surface area contributed by atoms with Crippen molar-refractivity contribution in [3.05, 3.63) is 94.0 Å². The lowest BCUT2D eigenvalue weighted by atomic mass is 10.2. The third kappa shape index (κ3) is 4.98. The third-order valence-corrected chi connectivity index (χ3v) is 3.85. The lowest BCUT2D eigenvalue weighted by Crippen LogP contribution is -2.24. The summed E-state index contributed by atoms with van der Waals surface area (Å²) in [6.07, 6.45) is 1.16. The van der Waals surface area contributed by atoms with Crippen molar-refractivity contribution in [3.8, 4) is 11.5 Å². The molecule has 3 aromatic rings. The molecule has 0 atom stereocenters. The van der Waals surface area contributed by atoms with Crippen molar-refractivity contribution in [3.63, 3.8) is 0 Å². The standard InChI is InChI=1S/C21H19NO5/c1-25-17-9-5-8-16(10-17)12-22-21(24)19-11-18(23)20(14-27-19)26-13-15-6-3-2-4-7-15/h2-11,14H,12-13H2,1H3,(H,22,24). The molecule has 6 nitrogen and oxygen atoms in total. The Morgan fingerprint density at radius 1 is 1.04 bits per heavy atom. The number of hydrogen-bond acceptors (Lipinski definition) is 5. The number of carbonyl (C=O) groups is 1. The van der Waals surface area contributed by atoms with Crippen LogP contribution in [-0.4, -0.2) is 13.0 Å². The second kappa shape index (κ2) is 8.71. The number of carbonyl (C=O) groups excluding carboxylic acids is 1. The van der Waals surface area contributed by atoms with Gasteiger partial charge in [-0.05, 0) is 23.3 Å². The zero-order chi connectivity index (χ0) is 19.1. The molecule has 0 fully saturated rings. The van der Waals surface area contributed by atoms with Gasteiger partial charge in [0.2, 0.25) is 11.2 Å². The molecule has 0 bridgehead atoms. The molecule has 1 heterocycles. The molecule has 0 aliphatic heterocycles. The Balaban J connectivity index is 1.60. The molecule has 0 aliphatic carbocycles. The predicted molar refractivity (Wildman–Crippen MR) is 99.9 cm³/mol. The van der Waals surface area contributed by atoms with Crippen LogP contribution in [0.15, 0.2) is 76.1 Å². The van der Waals surface area contributed by atoms with Gasteiger partial charge in [0.25, 0.3) is 5.91 Å². The first-order valence-corrected chi connectivity index (χ1v) is 8.36. The molecule has 27 heavy (non-hydrogen) atoms. The maximum absolute atomic E-state index is 12.2. The van der Waals surface area contributed by atoms with E-state index < -0.39 is 11.3 Å². The molecule has 2 aromatic carbocycles. The molecule has 1 N–H and O–H groups in total. The van der Waals surface area contributed by atoms with Crippen LogP contribution >= 0.6 is 0 Å². The van der Waals surface area contributed by atoms with Crippen LogP contribution in [0.2, 0.25) is 0 Å². The average Bonchev–Trinajstić information content (AvgIpc) is 2.72. The second-order valence-corrected chi connectivity index (χ2v) is 5.78. The van der Waals surface area contributed by atoms with Gasteiger partial charge in [0.05, 0.1) is 7.11 Å². The zero-order valence-electron chi connectivity index (χ0n) is 14.8. The first kappa shape index (κ1) is 18.3. The number of benzene rings is 2. The summed E-state index contributed by atoms with van der Waals surface area (Å²) in [6.45, 7) is 0.527. The van der Waals surface area contributed by atoms with E-state index in [4.69, 9.17) is 13.9 Å². The van der Waals surface area contributed by atoms with E-state index in [-0.39, 0.29) is 24.7 Å². The fourth-order valence-corrected chi connectivity index (χ4v) is 2.41. The van der Waals surface area contributed by atoms with Gasteiger partial charge in [0.1, 0.15) is 18.6 Å². The van der Waals surface area contributed by atoms with Gasteiger partial charge in [-0.2, -0.15) is 0 Å². The van der Waals surface area contributed by atoms with Gasteiger partial charge in [0.15, 0.2) is 5.76 Å². The van der Waals surface area contributed by atoms with Crippen molar-refractivity contribution in [1.82, 2.24) is 5.32 Å². The van der Waals surface area contributed by atoms with E-state index in [9.17, 15) is 9.59 Å². The van der Waals surface area contributed by atoms with Gasteiger partial charge >= 0.3 is 0 Å². The van der Waals surface area contributed by atoms with Gasteiger partial charge in [-0.25, -0.2) is 0 Å². The summed E-state index contributed by atoms with van der Waals surface area (Å²) in [4.78, 5) is 24.3. The SMILES string of the molecule is COc1cccc(CNC(=O)c2cc(=O)c(OCc3ccccc3)co2)c1. The summed E-state index contributed by atoms with van der Waals surface area (Å²) in [5, 5.41) is 2.70. The molecule has 138 valence electrons. The van der Waals surface area contributed by atoms with Crippen molar-refractivity contribution in [1.29, 1.82) is 0 Å². The summed E-state index contributed by atoms with van der Waals surface area (Å²) in [5.41, 5.74) is 1.38. The highest BCUT2D eigenvalue weighted by molar-refractivity contribution is 5.91. The highest BCUT2D eigenvalue weighted by Gasteiger charge is 2.12. The summed E-state index contributed by atoms with van der Waals surface area (Å²) < 4.78 is 15.9. The minimum atomic E-state index is -0.482. The monoisotopic (exact) mass is 365 g/mol. The maximum Gasteiger partial charge on any atom is 0.287 e. The van der Waals surface area contributed by atoms with E-state index in [2.05, 4.69) is 5.32 Å². The number of rotatable bonds is 7. The van der Waals surface area contributed by atoms with E-state index in [0.29, 0.717) is 5.75 Å². The highest BCUT2D eigenvalue weighted by Crippen LogP contribution is 2.13. The van der Waals surface area contributed by atoms with Crippen LogP contribution in [0.4, 0.5) is 0 Å². The Kier molecular flexibility index (Phi) is 5.89. The van der Waals surface area contributed by atoms with Crippen molar-refractivity contribution in [2.75, 3.05) is 7.11 Å². The predicted octanol–water partition coefficient (Wildman–Crippen LogP) is 3.16. The molecule has 0 saturated carbocycles. The van der Waals surface area contributed by atoms with Gasteiger partial charge in [-0.15, -0.1) is 0 Å². The van der Waals surface area contributed by atoms with Gasteiger partial charge in [0, 0.05) is 12.6 Å². The molecular formula is C21H19NO5. The Morgan fingerprint density at radius 3 is 2.56 bits per heavy atom. The summed E-state index contributed by atoms with van der Waals surface area (Å²) in [6, 6.07) is 17.9. The van der Waals surface area contributed by atoms with E-state index >= 15 is 0 Å². The van der Waals surface area contributed by atoms with Crippen molar-refractivity contribution < 1.29 is 18.7 Å². The molecule has 1 amide bonds. The zero-order valence-corrected chi connectivity index (χ0v) is 14.8. The van der Waals surface area contributed by atoms with Gasteiger partial charge < -0.3 is 19.2 Å². The number of methoxy groups -OCH3 is 1. The first-order chi connectivity index (χ1) is 13.2. The van der Waals surface area contributed by atoms with E-state index in [0.717, 1.165) is 23.5 Å². The van der Waals surface area contributed by atoms with Crippen LogP contribution in [0.1, 0.15) is 21.7 Å². The summed E-state index contributed by atoms with van der Waals surface area (Å²) in [7, 11) is 1.58. The second-order valence-electron chi connectivity index (χ2n) is 5.78. The molecule has 3 rings (SSSR count). The van der Waals surface area contributed by atoms with E-state index in [1.807, 2.05) is 54.6 Å². The van der Waals surface area contributed by atoms with Crippen molar-refractivity contribution >= 4 is 5.91 Å². The number of nitrogens with one attached hydrogen (secondary N) is 1. The quantitative estimate of drug-likeness (QED) is 0.696. The van der Waals surface area contributed by atoms with Crippen molar-refractivity contribution in [2.45, 2.75) is 13.2 Å². The molecule has 0 aliphatic rings. The van der Waals surface area contributed by atoms with Crippen LogP contribution in [0.5, 0.6) is 11.5 Å². The van der Waals surface area contributed by atoms with Gasteiger partial charge in [-0.1, -0.05) is 42.5 Å². The minimum absolute atomic E-state index is 0.0585. The van der Waals surface area contributed by atoms with Crippen molar-refractivity contribution in [2.24, 2.45) is 0 Å². The average molecular weight is 365 g/mol. The lowest BCUT2D eigenvalue weighted by molar-refractivity contribution is 0.0919. The van der Waals surface area contributed by atoms with Crippen LogP contribution < -0.4 is 20.2 Å². The first-order valence-electron chi connectivity index (χ1n) is 8.36. The molecule has 0 saturated heterocycles. The summed E-state index contributed by atoms with van der Waals surface area (Å²) in [5.74, 6) is 0.205. The smallest absolute Gasteiger partial charge is 0.287 e. The Morgan fingerprint density at radius 2 is 1.81 bits per heavy atom. The fourth-order valence-electron chi connectivity index (χ4n) is 2.41.